The molecule has 0 amide bonds. The number of hydrogen-bond acceptors (Lipinski definition) is 10. The summed E-state index contributed by atoms with van der Waals surface area (Å²) >= 11 is 0. The fraction of sp³-hybridized carbons (Fsp3) is 0.138. The Morgan fingerprint density at radius 3 is 1.10 bits per heavy atom. The summed E-state index contributed by atoms with van der Waals surface area (Å²) in [5.41, 5.74) is 6.67. The van der Waals surface area contributed by atoms with Gasteiger partial charge in [-0.25, -0.2) is 0 Å². The number of carbonyl (C=O) groups excluding carboxylic acids is 2. The molecule has 68 heavy (non-hydrogen) atoms. The minimum Gasteiger partial charge on any atom is -0.507 e. The lowest BCUT2D eigenvalue weighted by Crippen LogP contribution is -2.21. The standard InChI is InChI=1S/C58H46O10/c59-47-27-43(63-33-37-13-5-1-6-14-37)29-55-57(47)49(61)31-53(67-55)41-21-23-51(65-35-39-17-9-3-10-18-39)45(25-41)46-26-42(22-24-52(46)66-36-40-19-11-4-12-20-40)54-32-50(62)58-48(60)28-44(30-56(58)68-54)64-34-38-15-7-2-8-16-38/h1-30,53-54,59-60H,31-36H2. The molecular formula is C58H46O10. The number of phenolic OH excluding ortho intramolecular Hbond substituents is 2. The van der Waals surface area contributed by atoms with E-state index in [4.69, 9.17) is 28.4 Å². The molecule has 0 radical (unpaired) electrons. The first-order valence-electron chi connectivity index (χ1n) is 22.4. The number of benzene rings is 8. The predicted molar refractivity (Wildman–Crippen MR) is 256 cm³/mol. The third-order valence-electron chi connectivity index (χ3n) is 12.0. The molecule has 10 nitrogen and oxygen atoms in total. The largest absolute Gasteiger partial charge is 0.507 e. The third-order valence-corrected chi connectivity index (χ3v) is 12.0. The van der Waals surface area contributed by atoms with Crippen LogP contribution in [0.2, 0.25) is 0 Å². The van der Waals surface area contributed by atoms with Crippen LogP contribution in [0, 0.1) is 0 Å². The van der Waals surface area contributed by atoms with Crippen LogP contribution in [0.1, 0.15) is 79.1 Å². The van der Waals surface area contributed by atoms with E-state index in [0.29, 0.717) is 45.3 Å². The van der Waals surface area contributed by atoms with Crippen LogP contribution < -0.4 is 28.4 Å². The summed E-state index contributed by atoms with van der Waals surface area (Å²) in [6, 6.07) is 56.5. The van der Waals surface area contributed by atoms with Crippen molar-refractivity contribution in [1.82, 2.24) is 0 Å². The van der Waals surface area contributed by atoms with Crippen molar-refractivity contribution in [3.8, 4) is 57.1 Å². The first-order chi connectivity index (χ1) is 33.3. The van der Waals surface area contributed by atoms with Gasteiger partial charge in [0.05, 0.1) is 12.8 Å². The van der Waals surface area contributed by atoms with Gasteiger partial charge in [-0.3, -0.25) is 9.59 Å². The highest BCUT2D eigenvalue weighted by Crippen LogP contribution is 2.47. The van der Waals surface area contributed by atoms with Gasteiger partial charge in [0.25, 0.3) is 0 Å². The predicted octanol–water partition coefficient (Wildman–Crippen LogP) is 12.5. The lowest BCUT2D eigenvalue weighted by molar-refractivity contribution is 0.0834. The van der Waals surface area contributed by atoms with E-state index in [0.717, 1.165) is 22.3 Å². The SMILES string of the molecule is O=C1CC(c2ccc(OCc3ccccc3)c(-c3cc(C4CC(=O)c5c(O)cc(OCc6ccccc6)cc5O4)ccc3OCc3ccccc3)c2)Oc2cc(OCc3ccccc3)cc(O)c21. The van der Waals surface area contributed by atoms with E-state index in [2.05, 4.69) is 0 Å². The van der Waals surface area contributed by atoms with Gasteiger partial charge in [-0.1, -0.05) is 133 Å². The van der Waals surface area contributed by atoms with Crippen LogP contribution in [-0.2, 0) is 26.4 Å². The fourth-order valence-corrected chi connectivity index (χ4v) is 8.49. The third kappa shape index (κ3) is 9.71. The Bertz CT molecular complexity index is 2870. The lowest BCUT2D eigenvalue weighted by atomic mass is 9.91. The fourth-order valence-electron chi connectivity index (χ4n) is 8.49. The zero-order valence-corrected chi connectivity index (χ0v) is 36.9. The molecule has 2 unspecified atom stereocenters. The van der Waals surface area contributed by atoms with Crippen LogP contribution in [0.3, 0.4) is 0 Å². The molecule has 2 aliphatic heterocycles. The topological polar surface area (TPSA) is 130 Å². The van der Waals surface area contributed by atoms with Crippen LogP contribution in [0.25, 0.3) is 11.1 Å². The summed E-state index contributed by atoms with van der Waals surface area (Å²) in [6.07, 6.45) is -1.54. The lowest BCUT2D eigenvalue weighted by Gasteiger charge is -2.28. The molecule has 2 N–H and O–H groups in total. The minimum absolute atomic E-state index is 0.0346. The number of carbonyl (C=O) groups is 2. The highest BCUT2D eigenvalue weighted by Gasteiger charge is 2.34. The molecule has 0 spiro atoms. The summed E-state index contributed by atoms with van der Waals surface area (Å²) in [5, 5.41) is 22.1. The molecular weight excluding hydrogens is 857 g/mol. The molecule has 8 aromatic rings. The molecule has 10 heteroatoms. The van der Waals surface area contributed by atoms with Crippen LogP contribution in [0.15, 0.2) is 182 Å². The Morgan fingerprint density at radius 1 is 0.412 bits per heavy atom. The quantitative estimate of drug-likeness (QED) is 0.103. The van der Waals surface area contributed by atoms with Crippen LogP contribution >= 0.6 is 0 Å². The smallest absolute Gasteiger partial charge is 0.174 e. The van der Waals surface area contributed by atoms with Gasteiger partial charge >= 0.3 is 0 Å². The molecule has 2 aliphatic rings. The van der Waals surface area contributed by atoms with Crippen molar-refractivity contribution in [2.75, 3.05) is 0 Å². The second kappa shape index (κ2) is 19.5. The Morgan fingerprint density at radius 2 is 0.750 bits per heavy atom. The summed E-state index contributed by atoms with van der Waals surface area (Å²) < 4.78 is 38.4. The number of ketones is 2. The van der Waals surface area contributed by atoms with E-state index in [-0.39, 0.29) is 85.0 Å². The number of hydrogen-bond donors (Lipinski definition) is 2. The molecule has 0 fully saturated rings. The van der Waals surface area contributed by atoms with Crippen molar-refractivity contribution < 1.29 is 48.2 Å². The van der Waals surface area contributed by atoms with Crippen LogP contribution in [-0.4, -0.2) is 21.8 Å². The molecule has 10 rings (SSSR count). The summed E-state index contributed by atoms with van der Waals surface area (Å²) in [5.74, 6) is 1.24. The number of rotatable bonds is 15. The number of aromatic hydroxyl groups is 2. The van der Waals surface area contributed by atoms with E-state index in [9.17, 15) is 19.8 Å². The molecule has 2 heterocycles. The van der Waals surface area contributed by atoms with Gasteiger partial charge in [0.1, 0.15) is 95.8 Å². The Labute approximate surface area is 393 Å². The van der Waals surface area contributed by atoms with E-state index in [1.807, 2.05) is 158 Å². The second-order valence-electron chi connectivity index (χ2n) is 16.7. The van der Waals surface area contributed by atoms with Gasteiger partial charge < -0.3 is 38.6 Å². The van der Waals surface area contributed by atoms with Crippen molar-refractivity contribution in [2.45, 2.75) is 51.5 Å². The zero-order chi connectivity index (χ0) is 46.4. The van der Waals surface area contributed by atoms with Crippen LogP contribution in [0.4, 0.5) is 0 Å². The van der Waals surface area contributed by atoms with E-state index < -0.39 is 12.2 Å². The monoisotopic (exact) mass is 902 g/mol. The highest BCUT2D eigenvalue weighted by molar-refractivity contribution is 6.03. The number of Topliss-reactive ketones (excluding diaryl/α,β-unsaturated/α-hetero) is 2. The van der Waals surface area contributed by atoms with Gasteiger partial charge in [0, 0.05) is 35.4 Å². The van der Waals surface area contributed by atoms with E-state index in [1.165, 1.54) is 12.1 Å². The average Bonchev–Trinajstić information content (AvgIpc) is 3.37. The van der Waals surface area contributed by atoms with Gasteiger partial charge in [-0.15, -0.1) is 0 Å². The van der Waals surface area contributed by atoms with Crippen molar-refractivity contribution in [3.05, 3.63) is 226 Å². The van der Waals surface area contributed by atoms with Crippen molar-refractivity contribution in [1.29, 1.82) is 0 Å². The van der Waals surface area contributed by atoms with Crippen molar-refractivity contribution >= 4 is 11.6 Å². The first-order valence-corrected chi connectivity index (χ1v) is 22.4. The maximum Gasteiger partial charge on any atom is 0.174 e. The Kier molecular flexibility index (Phi) is 12.5. The average molecular weight is 903 g/mol. The number of ether oxygens (including phenoxy) is 6. The second-order valence-corrected chi connectivity index (χ2v) is 16.7. The molecule has 0 aromatic heterocycles. The summed E-state index contributed by atoms with van der Waals surface area (Å²) in [7, 11) is 0. The van der Waals surface area contributed by atoms with Gasteiger partial charge in [0.15, 0.2) is 11.6 Å². The first kappa shape index (κ1) is 43.4. The summed E-state index contributed by atoms with van der Waals surface area (Å²) in [6.45, 7) is 1.05. The van der Waals surface area contributed by atoms with Gasteiger partial charge in [-0.05, 0) is 57.6 Å². The van der Waals surface area contributed by atoms with Gasteiger partial charge in [-0.2, -0.15) is 0 Å². The van der Waals surface area contributed by atoms with Crippen molar-refractivity contribution in [3.63, 3.8) is 0 Å². The molecule has 0 bridgehead atoms. The Hall–Kier alpha value is -8.50. The maximum absolute atomic E-state index is 13.8. The number of phenols is 2. The highest BCUT2D eigenvalue weighted by atomic mass is 16.5. The summed E-state index contributed by atoms with van der Waals surface area (Å²) in [4.78, 5) is 27.6. The van der Waals surface area contributed by atoms with Crippen LogP contribution in [0.5, 0.6) is 46.0 Å². The zero-order valence-electron chi connectivity index (χ0n) is 36.9. The van der Waals surface area contributed by atoms with Crippen molar-refractivity contribution in [2.24, 2.45) is 0 Å². The van der Waals surface area contributed by atoms with Gasteiger partial charge in [0.2, 0.25) is 0 Å². The Balaban J connectivity index is 1.01. The van der Waals surface area contributed by atoms with E-state index >= 15 is 0 Å². The maximum atomic E-state index is 13.8. The molecule has 8 aromatic carbocycles. The normalized spacial score (nSPS) is 15.0. The molecule has 0 saturated heterocycles. The van der Waals surface area contributed by atoms with E-state index in [1.54, 1.807) is 12.1 Å². The molecule has 0 aliphatic carbocycles. The minimum atomic E-state index is -0.737. The molecule has 338 valence electrons. The molecule has 2 atom stereocenters. The number of fused-ring (bicyclic) bond motifs is 2. The molecule has 0 saturated carbocycles.